The van der Waals surface area contributed by atoms with Crippen LogP contribution in [0.3, 0.4) is 0 Å². The van der Waals surface area contributed by atoms with Gasteiger partial charge >= 0.3 is 0 Å². The van der Waals surface area contributed by atoms with Crippen LogP contribution in [0.5, 0.6) is 0 Å². The fourth-order valence-electron chi connectivity index (χ4n) is 1.70. The van der Waals surface area contributed by atoms with E-state index in [1.807, 2.05) is 74.0 Å². The van der Waals surface area contributed by atoms with E-state index in [0.717, 1.165) is 22.6 Å². The molecule has 0 N–H and O–H groups in total. The lowest BCUT2D eigenvalue weighted by Crippen LogP contribution is -1.95. The topological polar surface area (TPSA) is 34.6 Å². The summed E-state index contributed by atoms with van der Waals surface area (Å²) in [7, 11) is 3.99. The van der Waals surface area contributed by atoms with E-state index >= 15 is 0 Å². The zero-order valence-corrected chi connectivity index (χ0v) is 11.3. The molecule has 0 fully saturated rings. The molecule has 18 heavy (non-hydrogen) atoms. The molecular formula is C14H18N4. The van der Waals surface area contributed by atoms with Gasteiger partial charge in [-0.25, -0.2) is 0 Å². The number of nitrogens with zero attached hydrogens (tertiary/aromatic N) is 4. The molecule has 0 amide bonds. The molecule has 0 aliphatic carbocycles. The van der Waals surface area contributed by atoms with Gasteiger partial charge < -0.3 is 9.13 Å². The molecule has 0 radical (unpaired) electrons. The smallest absolute Gasteiger partial charge is 0.0687 e. The molecule has 2 aromatic rings. The molecule has 2 rings (SSSR count). The van der Waals surface area contributed by atoms with Gasteiger partial charge in [-0.05, 0) is 26.0 Å². The summed E-state index contributed by atoms with van der Waals surface area (Å²) in [6.07, 6.45) is 8.07. The molecule has 0 saturated heterocycles. The molecule has 0 atom stereocenters. The van der Waals surface area contributed by atoms with E-state index in [0.29, 0.717) is 0 Å². The quantitative estimate of drug-likeness (QED) is 0.586. The minimum absolute atomic E-state index is 0.922. The van der Waals surface area contributed by atoms with E-state index < -0.39 is 0 Å². The molecular weight excluding hydrogens is 224 g/mol. The molecule has 2 aromatic heterocycles. The Morgan fingerprint density at radius 1 is 0.833 bits per heavy atom. The molecule has 4 nitrogen and oxygen atoms in total. The van der Waals surface area contributed by atoms with Crippen molar-refractivity contribution >= 4 is 11.4 Å². The summed E-state index contributed by atoms with van der Waals surface area (Å²) < 4.78 is 4.00. The predicted octanol–water partition coefficient (Wildman–Crippen LogP) is 2.60. The summed E-state index contributed by atoms with van der Waals surface area (Å²) in [5, 5.41) is 8.55. The van der Waals surface area contributed by atoms with Crippen LogP contribution in [0.25, 0.3) is 0 Å². The highest BCUT2D eigenvalue weighted by Crippen LogP contribution is 2.05. The third-order valence-corrected chi connectivity index (χ3v) is 2.85. The van der Waals surface area contributed by atoms with Crippen molar-refractivity contribution in [2.75, 3.05) is 0 Å². The molecule has 0 unspecified atom stereocenters. The lowest BCUT2D eigenvalue weighted by Gasteiger charge is -1.95. The first-order valence-corrected chi connectivity index (χ1v) is 5.90. The normalized spacial score (nSPS) is 13.1. The average Bonchev–Trinajstić information content (AvgIpc) is 2.94. The molecule has 0 aliphatic rings. The van der Waals surface area contributed by atoms with Gasteiger partial charge in [-0.1, -0.05) is 0 Å². The van der Waals surface area contributed by atoms with Gasteiger partial charge in [0.15, 0.2) is 0 Å². The van der Waals surface area contributed by atoms with Gasteiger partial charge in [-0.3, -0.25) is 0 Å². The second-order valence-electron chi connectivity index (χ2n) is 4.50. The van der Waals surface area contributed by atoms with Crippen molar-refractivity contribution in [1.82, 2.24) is 9.13 Å². The molecule has 0 spiro atoms. The number of hydrogen-bond acceptors (Lipinski definition) is 2. The summed E-state index contributed by atoms with van der Waals surface area (Å²) in [5.74, 6) is 0. The number of aromatic nitrogens is 2. The fraction of sp³-hybridized carbons (Fsp3) is 0.286. The highest BCUT2D eigenvalue weighted by Gasteiger charge is 2.00. The zero-order chi connectivity index (χ0) is 13.1. The van der Waals surface area contributed by atoms with Crippen LogP contribution >= 0.6 is 0 Å². The molecule has 0 aliphatic heterocycles. The van der Waals surface area contributed by atoms with Gasteiger partial charge in [0.1, 0.15) is 0 Å². The van der Waals surface area contributed by atoms with Crippen molar-refractivity contribution in [3.05, 3.63) is 48.0 Å². The Morgan fingerprint density at radius 2 is 1.22 bits per heavy atom. The third kappa shape index (κ3) is 2.77. The molecule has 0 aromatic carbocycles. The number of aryl methyl sites for hydroxylation is 2. The Hall–Kier alpha value is -2.10. The van der Waals surface area contributed by atoms with Crippen molar-refractivity contribution in [3.8, 4) is 0 Å². The fourth-order valence-corrected chi connectivity index (χ4v) is 1.70. The van der Waals surface area contributed by atoms with Crippen LogP contribution in [0.1, 0.15) is 25.0 Å². The van der Waals surface area contributed by atoms with E-state index in [1.165, 1.54) is 0 Å². The van der Waals surface area contributed by atoms with Crippen LogP contribution in [0, 0.1) is 0 Å². The van der Waals surface area contributed by atoms with Gasteiger partial charge in [0.2, 0.25) is 0 Å². The number of rotatable bonds is 3. The van der Waals surface area contributed by atoms with E-state index in [1.54, 1.807) is 0 Å². The van der Waals surface area contributed by atoms with Crippen LogP contribution in [0.4, 0.5) is 0 Å². The monoisotopic (exact) mass is 242 g/mol. The maximum atomic E-state index is 4.28. The molecule has 94 valence electrons. The van der Waals surface area contributed by atoms with Crippen molar-refractivity contribution in [2.45, 2.75) is 13.8 Å². The van der Waals surface area contributed by atoms with Crippen molar-refractivity contribution in [2.24, 2.45) is 24.3 Å². The van der Waals surface area contributed by atoms with E-state index in [-0.39, 0.29) is 0 Å². The molecule has 0 bridgehead atoms. The van der Waals surface area contributed by atoms with E-state index in [2.05, 4.69) is 10.2 Å². The van der Waals surface area contributed by atoms with Gasteiger partial charge in [-0.15, -0.1) is 0 Å². The first kappa shape index (κ1) is 12.4. The van der Waals surface area contributed by atoms with Gasteiger partial charge in [0, 0.05) is 50.0 Å². The minimum atomic E-state index is 0.922. The standard InChI is InChI=1S/C14H18N4/c1-11(13-5-7-17(3)9-13)15-16-12(2)14-6-8-18(4)10-14/h5-10H,1-4H3. The van der Waals surface area contributed by atoms with Gasteiger partial charge in [0.25, 0.3) is 0 Å². The second kappa shape index (κ2) is 5.04. The number of hydrogen-bond donors (Lipinski definition) is 0. The maximum absolute atomic E-state index is 4.28. The molecule has 4 heteroatoms. The summed E-state index contributed by atoms with van der Waals surface area (Å²) in [6, 6.07) is 4.07. The maximum Gasteiger partial charge on any atom is 0.0687 e. The molecule has 2 heterocycles. The Kier molecular flexibility index (Phi) is 3.46. The highest BCUT2D eigenvalue weighted by molar-refractivity contribution is 6.01. The van der Waals surface area contributed by atoms with Crippen LogP contribution in [0.2, 0.25) is 0 Å². The Morgan fingerprint density at radius 3 is 1.50 bits per heavy atom. The highest BCUT2D eigenvalue weighted by atomic mass is 15.2. The van der Waals surface area contributed by atoms with Crippen LogP contribution in [-0.4, -0.2) is 20.6 Å². The predicted molar refractivity (Wildman–Crippen MR) is 75.2 cm³/mol. The van der Waals surface area contributed by atoms with Crippen LogP contribution in [-0.2, 0) is 14.1 Å². The summed E-state index contributed by atoms with van der Waals surface area (Å²) in [5.41, 5.74) is 4.04. The lowest BCUT2D eigenvalue weighted by atomic mass is 10.2. The second-order valence-corrected chi connectivity index (χ2v) is 4.50. The van der Waals surface area contributed by atoms with E-state index in [9.17, 15) is 0 Å². The first-order valence-electron chi connectivity index (χ1n) is 5.90. The van der Waals surface area contributed by atoms with Crippen LogP contribution in [0.15, 0.2) is 47.1 Å². The Balaban J connectivity index is 2.18. The average molecular weight is 242 g/mol. The van der Waals surface area contributed by atoms with Gasteiger partial charge in [-0.2, -0.15) is 10.2 Å². The first-order chi connectivity index (χ1) is 8.56. The summed E-state index contributed by atoms with van der Waals surface area (Å²) >= 11 is 0. The third-order valence-electron chi connectivity index (χ3n) is 2.85. The largest absolute Gasteiger partial charge is 0.357 e. The van der Waals surface area contributed by atoms with Crippen LogP contribution < -0.4 is 0 Å². The van der Waals surface area contributed by atoms with Crippen molar-refractivity contribution in [1.29, 1.82) is 0 Å². The SMILES string of the molecule is CC(=NN=C(C)c1ccn(C)c1)c1ccn(C)c1. The molecule has 0 saturated carbocycles. The van der Waals surface area contributed by atoms with Crippen molar-refractivity contribution < 1.29 is 0 Å². The summed E-state index contributed by atoms with van der Waals surface area (Å²) in [4.78, 5) is 0. The van der Waals surface area contributed by atoms with E-state index in [4.69, 9.17) is 0 Å². The lowest BCUT2D eigenvalue weighted by molar-refractivity contribution is 0.926. The Bertz CT molecular complexity index is 545. The minimum Gasteiger partial charge on any atom is -0.357 e. The zero-order valence-electron chi connectivity index (χ0n) is 11.3. The van der Waals surface area contributed by atoms with Gasteiger partial charge in [0.05, 0.1) is 11.4 Å². The van der Waals surface area contributed by atoms with Crippen molar-refractivity contribution in [3.63, 3.8) is 0 Å². The summed E-state index contributed by atoms with van der Waals surface area (Å²) in [6.45, 7) is 3.94. The Labute approximate surface area is 107 Å².